The largest absolute Gasteiger partial charge is 0.379 e. The lowest BCUT2D eigenvalue weighted by Gasteiger charge is -2.35. The van der Waals surface area contributed by atoms with E-state index in [0.717, 1.165) is 5.56 Å². The molecule has 1 aromatic carbocycles. The predicted molar refractivity (Wildman–Crippen MR) is 76.5 cm³/mol. The van der Waals surface area contributed by atoms with Crippen molar-refractivity contribution in [3.8, 4) is 0 Å². The van der Waals surface area contributed by atoms with Gasteiger partial charge in [0.1, 0.15) is 5.82 Å². The highest BCUT2D eigenvalue weighted by molar-refractivity contribution is 6.30. The van der Waals surface area contributed by atoms with Crippen molar-refractivity contribution in [1.29, 1.82) is 0 Å². The molecular formula is C14H22ClFN2O. The highest BCUT2D eigenvalue weighted by Gasteiger charge is 2.31. The van der Waals surface area contributed by atoms with Gasteiger partial charge in [0.15, 0.2) is 0 Å². The van der Waals surface area contributed by atoms with E-state index >= 15 is 0 Å². The smallest absolute Gasteiger partial charge is 0.141 e. The first-order valence-electron chi connectivity index (χ1n) is 6.22. The van der Waals surface area contributed by atoms with Crippen LogP contribution < -0.4 is 11.3 Å². The van der Waals surface area contributed by atoms with Gasteiger partial charge in [0.05, 0.1) is 17.2 Å². The summed E-state index contributed by atoms with van der Waals surface area (Å²) in [5, 5.41) is 0.123. The van der Waals surface area contributed by atoms with Gasteiger partial charge in [0.2, 0.25) is 0 Å². The SMILES string of the molecule is COC(C(Cc1ccc(F)c(Cl)c1)NN)C(C)(C)C. The lowest BCUT2D eigenvalue weighted by molar-refractivity contribution is -0.0110. The van der Waals surface area contributed by atoms with Crippen LogP contribution in [0.15, 0.2) is 18.2 Å². The van der Waals surface area contributed by atoms with Gasteiger partial charge >= 0.3 is 0 Å². The minimum atomic E-state index is -0.415. The van der Waals surface area contributed by atoms with Gasteiger partial charge < -0.3 is 4.74 Å². The molecule has 2 unspecified atom stereocenters. The second-order valence-corrected chi connectivity index (χ2v) is 6.16. The summed E-state index contributed by atoms with van der Waals surface area (Å²) >= 11 is 5.79. The van der Waals surface area contributed by atoms with Gasteiger partial charge in [-0.05, 0) is 29.5 Å². The third kappa shape index (κ3) is 4.42. The minimum Gasteiger partial charge on any atom is -0.379 e. The molecule has 1 rings (SSSR count). The van der Waals surface area contributed by atoms with Gasteiger partial charge in [-0.1, -0.05) is 38.4 Å². The molecule has 3 N–H and O–H groups in total. The van der Waals surface area contributed by atoms with Crippen LogP contribution in [0.4, 0.5) is 4.39 Å². The van der Waals surface area contributed by atoms with E-state index in [-0.39, 0.29) is 22.6 Å². The normalized spacial score (nSPS) is 15.3. The fourth-order valence-corrected chi connectivity index (χ4v) is 2.50. The molecule has 0 heterocycles. The van der Waals surface area contributed by atoms with Crippen molar-refractivity contribution in [2.24, 2.45) is 11.3 Å². The topological polar surface area (TPSA) is 47.3 Å². The number of ether oxygens (including phenoxy) is 1. The van der Waals surface area contributed by atoms with Gasteiger partial charge in [0.25, 0.3) is 0 Å². The molecule has 3 nitrogen and oxygen atoms in total. The lowest BCUT2D eigenvalue weighted by atomic mass is 9.82. The third-order valence-corrected chi connectivity index (χ3v) is 3.42. The minimum absolute atomic E-state index is 0.0599. The monoisotopic (exact) mass is 288 g/mol. The Morgan fingerprint density at radius 3 is 2.47 bits per heavy atom. The van der Waals surface area contributed by atoms with Crippen molar-refractivity contribution in [3.05, 3.63) is 34.6 Å². The number of hydrogen-bond donors (Lipinski definition) is 2. The van der Waals surface area contributed by atoms with Gasteiger partial charge in [-0.25, -0.2) is 4.39 Å². The van der Waals surface area contributed by atoms with Gasteiger partial charge in [-0.3, -0.25) is 11.3 Å². The molecule has 19 heavy (non-hydrogen) atoms. The first kappa shape index (κ1) is 16.4. The lowest BCUT2D eigenvalue weighted by Crippen LogP contribution is -2.51. The van der Waals surface area contributed by atoms with Crippen LogP contribution in [0.1, 0.15) is 26.3 Å². The molecule has 0 saturated heterocycles. The zero-order chi connectivity index (χ0) is 14.6. The number of nitrogens with two attached hydrogens (primary N) is 1. The first-order valence-corrected chi connectivity index (χ1v) is 6.60. The molecule has 5 heteroatoms. The Bertz CT molecular complexity index is 420. The van der Waals surface area contributed by atoms with Crippen molar-refractivity contribution in [2.75, 3.05) is 7.11 Å². The molecule has 0 aliphatic rings. The molecule has 0 spiro atoms. The Morgan fingerprint density at radius 1 is 1.42 bits per heavy atom. The summed E-state index contributed by atoms with van der Waals surface area (Å²) in [6.07, 6.45) is 0.549. The maximum absolute atomic E-state index is 13.1. The molecular weight excluding hydrogens is 267 g/mol. The molecule has 2 atom stereocenters. The number of benzene rings is 1. The second kappa shape index (κ2) is 6.66. The number of rotatable bonds is 5. The zero-order valence-electron chi connectivity index (χ0n) is 11.8. The molecule has 1 aromatic rings. The van der Waals surface area contributed by atoms with Crippen LogP contribution in [0, 0.1) is 11.2 Å². The van der Waals surface area contributed by atoms with Crippen LogP contribution in [0.25, 0.3) is 0 Å². The van der Waals surface area contributed by atoms with E-state index in [1.54, 1.807) is 19.2 Å². The van der Waals surface area contributed by atoms with E-state index in [0.29, 0.717) is 6.42 Å². The number of methoxy groups -OCH3 is 1. The Balaban J connectivity index is 2.89. The van der Waals surface area contributed by atoms with Crippen molar-refractivity contribution in [1.82, 2.24) is 5.43 Å². The van der Waals surface area contributed by atoms with E-state index in [1.165, 1.54) is 6.07 Å². The van der Waals surface area contributed by atoms with Crippen molar-refractivity contribution < 1.29 is 9.13 Å². The predicted octanol–water partition coefficient (Wildman–Crippen LogP) is 2.91. The molecule has 0 radical (unpaired) electrons. The summed E-state index contributed by atoms with van der Waals surface area (Å²) < 4.78 is 18.7. The highest BCUT2D eigenvalue weighted by Crippen LogP contribution is 2.26. The third-order valence-electron chi connectivity index (χ3n) is 3.13. The fourth-order valence-electron chi connectivity index (χ4n) is 2.30. The van der Waals surface area contributed by atoms with Crippen LogP contribution in [-0.2, 0) is 11.2 Å². The van der Waals surface area contributed by atoms with E-state index in [4.69, 9.17) is 22.2 Å². The van der Waals surface area contributed by atoms with E-state index in [1.807, 2.05) is 0 Å². The molecule has 0 aliphatic heterocycles. The zero-order valence-corrected chi connectivity index (χ0v) is 12.6. The second-order valence-electron chi connectivity index (χ2n) is 5.75. The van der Waals surface area contributed by atoms with Crippen LogP contribution in [0.3, 0.4) is 0 Å². The maximum Gasteiger partial charge on any atom is 0.141 e. The quantitative estimate of drug-likeness (QED) is 0.647. The Hall–Kier alpha value is -0.680. The number of halogens is 2. The summed E-state index contributed by atoms with van der Waals surface area (Å²) in [5.74, 6) is 5.21. The molecule has 0 aliphatic carbocycles. The highest BCUT2D eigenvalue weighted by atomic mass is 35.5. The molecule has 0 fully saturated rings. The van der Waals surface area contributed by atoms with Crippen LogP contribution >= 0.6 is 11.6 Å². The summed E-state index contributed by atoms with van der Waals surface area (Å²) in [7, 11) is 1.66. The summed E-state index contributed by atoms with van der Waals surface area (Å²) in [6.45, 7) is 6.26. The molecule has 0 bridgehead atoms. The summed E-state index contributed by atoms with van der Waals surface area (Å²) in [4.78, 5) is 0. The van der Waals surface area contributed by atoms with Gasteiger partial charge in [-0.2, -0.15) is 0 Å². The summed E-state index contributed by atoms with van der Waals surface area (Å²) in [6, 6.07) is 4.62. The van der Waals surface area contributed by atoms with E-state index in [2.05, 4.69) is 26.2 Å². The molecule has 108 valence electrons. The van der Waals surface area contributed by atoms with Crippen LogP contribution in [-0.4, -0.2) is 19.3 Å². The molecule has 0 saturated carbocycles. The van der Waals surface area contributed by atoms with E-state index in [9.17, 15) is 4.39 Å². The summed E-state index contributed by atoms with van der Waals surface area (Å²) in [5.41, 5.74) is 3.64. The van der Waals surface area contributed by atoms with Crippen molar-refractivity contribution in [2.45, 2.75) is 39.3 Å². The fraction of sp³-hybridized carbons (Fsp3) is 0.571. The number of hydrogen-bond acceptors (Lipinski definition) is 3. The molecule has 0 aromatic heterocycles. The number of hydrazine groups is 1. The van der Waals surface area contributed by atoms with Gasteiger partial charge in [0, 0.05) is 7.11 Å². The van der Waals surface area contributed by atoms with Crippen molar-refractivity contribution in [3.63, 3.8) is 0 Å². The average Bonchev–Trinajstić information content (AvgIpc) is 2.31. The first-order chi connectivity index (χ1) is 8.79. The van der Waals surface area contributed by atoms with Crippen molar-refractivity contribution >= 4 is 11.6 Å². The Morgan fingerprint density at radius 2 is 2.05 bits per heavy atom. The standard InChI is InChI=1S/C14H22ClFN2O/c1-14(2,3)13(19-4)12(18-17)8-9-5-6-11(16)10(15)7-9/h5-7,12-13,18H,8,17H2,1-4H3. The maximum atomic E-state index is 13.1. The van der Waals surface area contributed by atoms with E-state index < -0.39 is 5.82 Å². The average molecular weight is 289 g/mol. The molecule has 0 amide bonds. The van der Waals surface area contributed by atoms with Crippen LogP contribution in [0.2, 0.25) is 5.02 Å². The Labute approximate surface area is 119 Å². The Kier molecular flexibility index (Phi) is 5.74. The number of nitrogens with one attached hydrogen (secondary N) is 1. The van der Waals surface area contributed by atoms with Crippen LogP contribution in [0.5, 0.6) is 0 Å². The van der Waals surface area contributed by atoms with Gasteiger partial charge in [-0.15, -0.1) is 0 Å².